The highest BCUT2D eigenvalue weighted by atomic mass is 32.2. The molecule has 1 aromatic carbocycles. The smallest absolute Gasteiger partial charge is 0.125 e. The second-order valence-corrected chi connectivity index (χ2v) is 5.74. The first-order valence-electron chi connectivity index (χ1n) is 6.84. The van der Waals surface area contributed by atoms with Crippen molar-refractivity contribution in [3.63, 3.8) is 0 Å². The van der Waals surface area contributed by atoms with Crippen LogP contribution in [-0.4, -0.2) is 12.3 Å². The fourth-order valence-electron chi connectivity index (χ4n) is 2.05. The SMILES string of the molecule is CCCNC(c1ccc(SCC)cc1)c1ccco1. The van der Waals surface area contributed by atoms with Crippen molar-refractivity contribution in [2.45, 2.75) is 31.2 Å². The van der Waals surface area contributed by atoms with Gasteiger partial charge >= 0.3 is 0 Å². The molecule has 0 bridgehead atoms. The number of hydrogen-bond donors (Lipinski definition) is 1. The lowest BCUT2D eigenvalue weighted by molar-refractivity contribution is 0.446. The lowest BCUT2D eigenvalue weighted by Crippen LogP contribution is -2.22. The quantitative estimate of drug-likeness (QED) is 0.754. The molecule has 1 N–H and O–H groups in total. The van der Waals surface area contributed by atoms with E-state index in [4.69, 9.17) is 4.42 Å². The monoisotopic (exact) mass is 275 g/mol. The predicted molar refractivity (Wildman–Crippen MR) is 81.7 cm³/mol. The molecule has 0 amide bonds. The molecule has 2 nitrogen and oxygen atoms in total. The topological polar surface area (TPSA) is 25.2 Å². The molecule has 0 radical (unpaired) electrons. The number of rotatable bonds is 7. The van der Waals surface area contributed by atoms with Crippen LogP contribution in [0.25, 0.3) is 0 Å². The zero-order valence-electron chi connectivity index (χ0n) is 11.6. The standard InChI is InChI=1S/C16H21NOS/c1-3-11-17-16(15-6-5-12-18-15)13-7-9-14(10-8-13)19-4-2/h5-10,12,16-17H,3-4,11H2,1-2H3. The first-order valence-corrected chi connectivity index (χ1v) is 7.83. The van der Waals surface area contributed by atoms with Crippen molar-refractivity contribution in [1.82, 2.24) is 5.32 Å². The summed E-state index contributed by atoms with van der Waals surface area (Å²) in [6.07, 6.45) is 2.85. The Morgan fingerprint density at radius 1 is 1.16 bits per heavy atom. The molecule has 2 aromatic rings. The van der Waals surface area contributed by atoms with E-state index in [2.05, 4.69) is 43.4 Å². The lowest BCUT2D eigenvalue weighted by Gasteiger charge is -2.17. The average Bonchev–Trinajstić information content (AvgIpc) is 2.95. The van der Waals surface area contributed by atoms with E-state index in [1.54, 1.807) is 6.26 Å². The van der Waals surface area contributed by atoms with Crippen LogP contribution < -0.4 is 5.32 Å². The minimum Gasteiger partial charge on any atom is -0.467 e. The molecule has 102 valence electrons. The molecule has 0 saturated carbocycles. The molecule has 0 aliphatic heterocycles. The van der Waals surface area contributed by atoms with Crippen LogP contribution in [-0.2, 0) is 0 Å². The van der Waals surface area contributed by atoms with Crippen molar-refractivity contribution >= 4 is 11.8 Å². The number of nitrogens with one attached hydrogen (secondary N) is 1. The Balaban J connectivity index is 2.17. The highest BCUT2D eigenvalue weighted by Crippen LogP contribution is 2.25. The molecule has 0 saturated heterocycles. The molecule has 1 aromatic heterocycles. The van der Waals surface area contributed by atoms with Crippen molar-refractivity contribution in [3.8, 4) is 0 Å². The van der Waals surface area contributed by atoms with Crippen molar-refractivity contribution in [1.29, 1.82) is 0 Å². The van der Waals surface area contributed by atoms with Crippen molar-refractivity contribution < 1.29 is 4.42 Å². The van der Waals surface area contributed by atoms with Gasteiger partial charge in [0.2, 0.25) is 0 Å². The normalized spacial score (nSPS) is 12.5. The molecule has 1 atom stereocenters. The van der Waals surface area contributed by atoms with Gasteiger partial charge in [-0.05, 0) is 48.5 Å². The molecule has 1 unspecified atom stereocenters. The Morgan fingerprint density at radius 2 is 1.95 bits per heavy atom. The van der Waals surface area contributed by atoms with Crippen LogP contribution in [0, 0.1) is 0 Å². The van der Waals surface area contributed by atoms with Gasteiger partial charge in [-0.1, -0.05) is 26.0 Å². The van der Waals surface area contributed by atoms with Crippen LogP contribution in [0.3, 0.4) is 0 Å². The second-order valence-electron chi connectivity index (χ2n) is 4.40. The Morgan fingerprint density at radius 3 is 2.53 bits per heavy atom. The van der Waals surface area contributed by atoms with Crippen molar-refractivity contribution in [2.24, 2.45) is 0 Å². The summed E-state index contributed by atoms with van der Waals surface area (Å²) in [5.41, 5.74) is 1.25. The van der Waals surface area contributed by atoms with Crippen molar-refractivity contribution in [2.75, 3.05) is 12.3 Å². The van der Waals surface area contributed by atoms with Gasteiger partial charge < -0.3 is 9.73 Å². The lowest BCUT2D eigenvalue weighted by atomic mass is 10.0. The van der Waals surface area contributed by atoms with E-state index in [0.29, 0.717) is 0 Å². The van der Waals surface area contributed by atoms with Crippen LogP contribution in [0.5, 0.6) is 0 Å². The molecule has 0 spiro atoms. The van der Waals surface area contributed by atoms with Gasteiger partial charge in [0.05, 0.1) is 12.3 Å². The third-order valence-corrected chi connectivity index (χ3v) is 3.84. The Labute approximate surface area is 119 Å². The summed E-state index contributed by atoms with van der Waals surface area (Å²) >= 11 is 1.87. The summed E-state index contributed by atoms with van der Waals surface area (Å²) in [5, 5.41) is 3.54. The Hall–Kier alpha value is -1.19. The number of furan rings is 1. The molecule has 1 heterocycles. The summed E-state index contributed by atoms with van der Waals surface area (Å²) in [6.45, 7) is 5.33. The van der Waals surface area contributed by atoms with Gasteiger partial charge in [-0.3, -0.25) is 0 Å². The highest BCUT2D eigenvalue weighted by Gasteiger charge is 2.15. The van der Waals surface area contributed by atoms with E-state index in [9.17, 15) is 0 Å². The van der Waals surface area contributed by atoms with E-state index < -0.39 is 0 Å². The molecule has 0 fully saturated rings. The van der Waals surface area contributed by atoms with Crippen LogP contribution in [0.2, 0.25) is 0 Å². The molecular formula is C16H21NOS. The van der Waals surface area contributed by atoms with E-state index in [1.165, 1.54) is 10.5 Å². The van der Waals surface area contributed by atoms with Crippen molar-refractivity contribution in [3.05, 3.63) is 54.0 Å². The van der Waals surface area contributed by atoms with Gasteiger partial charge in [-0.25, -0.2) is 0 Å². The average molecular weight is 275 g/mol. The summed E-state index contributed by atoms with van der Waals surface area (Å²) in [7, 11) is 0. The predicted octanol–water partition coefficient (Wildman–Crippen LogP) is 4.48. The maximum atomic E-state index is 5.56. The van der Waals surface area contributed by atoms with Crippen LogP contribution >= 0.6 is 11.8 Å². The fraction of sp³-hybridized carbons (Fsp3) is 0.375. The largest absolute Gasteiger partial charge is 0.467 e. The number of benzene rings is 1. The molecule has 19 heavy (non-hydrogen) atoms. The maximum Gasteiger partial charge on any atom is 0.125 e. The van der Waals surface area contributed by atoms with Crippen LogP contribution in [0.1, 0.15) is 37.6 Å². The summed E-state index contributed by atoms with van der Waals surface area (Å²) < 4.78 is 5.56. The second kappa shape index (κ2) is 7.41. The van der Waals surface area contributed by atoms with Gasteiger partial charge in [0, 0.05) is 4.90 Å². The summed E-state index contributed by atoms with van der Waals surface area (Å²) in [4.78, 5) is 1.32. The molecule has 0 aliphatic carbocycles. The van der Waals surface area contributed by atoms with Gasteiger partial charge in [0.15, 0.2) is 0 Å². The zero-order chi connectivity index (χ0) is 13.5. The van der Waals surface area contributed by atoms with Gasteiger partial charge in [-0.15, -0.1) is 11.8 Å². The van der Waals surface area contributed by atoms with Gasteiger partial charge in [0.1, 0.15) is 5.76 Å². The first-order chi connectivity index (χ1) is 9.35. The van der Waals surface area contributed by atoms with E-state index in [1.807, 2.05) is 23.9 Å². The summed E-state index contributed by atoms with van der Waals surface area (Å²) in [6, 6.07) is 12.9. The molecular weight excluding hydrogens is 254 g/mol. The molecule has 2 rings (SSSR count). The Kier molecular flexibility index (Phi) is 5.55. The zero-order valence-corrected chi connectivity index (χ0v) is 12.4. The fourth-order valence-corrected chi connectivity index (χ4v) is 2.71. The van der Waals surface area contributed by atoms with Gasteiger partial charge in [0.25, 0.3) is 0 Å². The third kappa shape index (κ3) is 3.88. The maximum absolute atomic E-state index is 5.56. The number of hydrogen-bond acceptors (Lipinski definition) is 3. The third-order valence-electron chi connectivity index (χ3n) is 2.95. The Bertz CT molecular complexity index is 464. The first kappa shape index (κ1) is 14.2. The minimum atomic E-state index is 0.149. The minimum absolute atomic E-state index is 0.149. The van der Waals surface area contributed by atoms with Gasteiger partial charge in [-0.2, -0.15) is 0 Å². The van der Waals surface area contributed by atoms with Crippen LogP contribution in [0.4, 0.5) is 0 Å². The molecule has 3 heteroatoms. The summed E-state index contributed by atoms with van der Waals surface area (Å²) in [5.74, 6) is 2.08. The van der Waals surface area contributed by atoms with E-state index in [-0.39, 0.29) is 6.04 Å². The van der Waals surface area contributed by atoms with E-state index in [0.717, 1.165) is 24.5 Å². The van der Waals surface area contributed by atoms with E-state index >= 15 is 0 Å². The highest BCUT2D eigenvalue weighted by molar-refractivity contribution is 7.99. The van der Waals surface area contributed by atoms with Crippen LogP contribution in [0.15, 0.2) is 52.0 Å². The molecule has 0 aliphatic rings. The number of thioether (sulfide) groups is 1.